The molecular weight excluding hydrogens is 775 g/mol. The van der Waals surface area contributed by atoms with Gasteiger partial charge in [-0.05, 0) is 97.5 Å². The second-order valence-corrected chi connectivity index (χ2v) is 14.5. The van der Waals surface area contributed by atoms with Crippen molar-refractivity contribution in [3.8, 4) is 11.3 Å². The molecule has 0 saturated heterocycles. The molecule has 1 fully saturated rings. The largest absolute Gasteiger partial charge is 0.512 e. The Balaban J connectivity index is 0.000000269. The first-order valence-electron chi connectivity index (χ1n) is 17.4. The molecule has 1 saturated carbocycles. The number of hydrogen-bond donors (Lipinski definition) is 1. The molecule has 1 radical (unpaired) electrons. The van der Waals surface area contributed by atoms with Crippen molar-refractivity contribution in [2.75, 3.05) is 0 Å². The molecule has 3 nitrogen and oxygen atoms in total. The van der Waals surface area contributed by atoms with Gasteiger partial charge in [0.15, 0.2) is 5.78 Å². The zero-order valence-electron chi connectivity index (χ0n) is 29.1. The van der Waals surface area contributed by atoms with Crippen LogP contribution in [0.1, 0.15) is 107 Å². The minimum Gasteiger partial charge on any atom is -0.512 e. The Labute approximate surface area is 299 Å². The molecule has 251 valence electrons. The number of allylic oxidation sites excluding steroid dienone is 2. The Morgan fingerprint density at radius 2 is 1.60 bits per heavy atom. The van der Waals surface area contributed by atoms with Gasteiger partial charge in [-0.15, -0.1) is 17.5 Å². The Hall–Kier alpha value is -2.85. The van der Waals surface area contributed by atoms with Crippen LogP contribution in [0.2, 0.25) is 0 Å². The van der Waals surface area contributed by atoms with Gasteiger partial charge in [-0.2, -0.15) is 11.3 Å². The molecule has 2 heterocycles. The van der Waals surface area contributed by atoms with Gasteiger partial charge in [-0.25, -0.2) is 0 Å². The van der Waals surface area contributed by atoms with Crippen molar-refractivity contribution in [2.45, 2.75) is 106 Å². The van der Waals surface area contributed by atoms with Crippen molar-refractivity contribution in [2.24, 2.45) is 11.8 Å². The number of aliphatic hydroxyl groups is 1. The SMILES string of the molecule is CCC(CC)C(=O)/C=C(\O)C(CC)CC.Cc1cc(C)c2c(C3CCCC3)cc(-c3[c-]c4ccccc4c4sc(C)cc34)nc2c1.[Ir]. The molecule has 1 aliphatic carbocycles. The van der Waals surface area contributed by atoms with Crippen LogP contribution >= 0.6 is 11.3 Å². The van der Waals surface area contributed by atoms with Crippen molar-refractivity contribution >= 4 is 48.9 Å². The van der Waals surface area contributed by atoms with Gasteiger partial charge in [0.05, 0.1) is 11.3 Å². The van der Waals surface area contributed by atoms with Crippen molar-refractivity contribution < 1.29 is 30.0 Å². The van der Waals surface area contributed by atoms with Crippen molar-refractivity contribution in [1.82, 2.24) is 4.98 Å². The number of pyridine rings is 1. The van der Waals surface area contributed by atoms with Crippen molar-refractivity contribution in [3.05, 3.63) is 88.0 Å². The summed E-state index contributed by atoms with van der Waals surface area (Å²) in [4.78, 5) is 18.3. The molecule has 5 aromatic rings. The Morgan fingerprint density at radius 1 is 0.936 bits per heavy atom. The number of aromatic nitrogens is 1. The molecular formula is C42H50IrNO2S-. The van der Waals surface area contributed by atoms with E-state index < -0.39 is 0 Å². The first-order valence-corrected chi connectivity index (χ1v) is 18.2. The zero-order chi connectivity index (χ0) is 33.0. The summed E-state index contributed by atoms with van der Waals surface area (Å²) in [6.07, 6.45) is 10.2. The number of thiophene rings is 1. The van der Waals surface area contributed by atoms with Gasteiger partial charge in [-0.3, -0.25) is 9.78 Å². The third kappa shape index (κ3) is 8.07. The second kappa shape index (κ2) is 16.5. The first kappa shape index (κ1) is 37.0. The normalized spacial score (nSPS) is 13.9. The van der Waals surface area contributed by atoms with E-state index in [4.69, 9.17) is 4.98 Å². The summed E-state index contributed by atoms with van der Waals surface area (Å²) >= 11 is 1.88. The Kier molecular flexibility index (Phi) is 13.0. The van der Waals surface area contributed by atoms with E-state index in [9.17, 15) is 9.90 Å². The van der Waals surface area contributed by atoms with E-state index >= 15 is 0 Å². The van der Waals surface area contributed by atoms with E-state index in [1.165, 1.54) is 79.6 Å². The van der Waals surface area contributed by atoms with Crippen LogP contribution in [-0.4, -0.2) is 15.9 Å². The Morgan fingerprint density at radius 3 is 2.26 bits per heavy atom. The quantitative estimate of drug-likeness (QED) is 0.0915. The van der Waals surface area contributed by atoms with Crippen LogP contribution in [0.5, 0.6) is 0 Å². The van der Waals surface area contributed by atoms with Crippen LogP contribution < -0.4 is 0 Å². The van der Waals surface area contributed by atoms with Gasteiger partial charge < -0.3 is 5.11 Å². The van der Waals surface area contributed by atoms with E-state index in [2.05, 4.69) is 75.4 Å². The van der Waals surface area contributed by atoms with Gasteiger partial charge >= 0.3 is 0 Å². The number of ketones is 1. The molecule has 1 aliphatic rings. The molecule has 0 unspecified atom stereocenters. The number of hydrogen-bond acceptors (Lipinski definition) is 4. The summed E-state index contributed by atoms with van der Waals surface area (Å²) in [5, 5.41) is 14.9. The fraction of sp³-hybridized carbons (Fsp3) is 0.429. The van der Waals surface area contributed by atoms with Crippen molar-refractivity contribution in [3.63, 3.8) is 0 Å². The third-order valence-corrected chi connectivity index (χ3v) is 11.1. The summed E-state index contributed by atoms with van der Waals surface area (Å²) in [5.41, 5.74) is 7.50. The number of benzene rings is 3. The fourth-order valence-corrected chi connectivity index (χ4v) is 8.41. The maximum atomic E-state index is 11.7. The number of nitrogens with zero attached hydrogens (tertiary/aromatic N) is 1. The standard InChI is InChI=1S/C29H26NS.C13H24O2.Ir/c1-17-12-18(2)28-23(20-8-4-5-9-20)16-26(30-27(28)13-17)24-15-21-10-6-7-11-22(21)29-25(24)14-19(3)31-29;1-5-10(6-2)12(14)9-13(15)11(7-3)8-4;/h6-7,10-14,16,20H,4-5,8-9H2,1-3H3;9-11,14H,5-8H2,1-4H3;/q-1;;/b;12-9-;. The molecule has 1 N–H and O–H groups in total. The maximum Gasteiger partial charge on any atom is 0.162 e. The van der Waals surface area contributed by atoms with Gasteiger partial charge in [-0.1, -0.05) is 93.3 Å². The number of carbonyl (C=O) groups excluding carboxylic acids is 1. The summed E-state index contributed by atoms with van der Waals surface area (Å²) in [6, 6.07) is 21.7. The molecule has 2 aromatic heterocycles. The predicted molar refractivity (Wildman–Crippen MR) is 198 cm³/mol. The predicted octanol–water partition coefficient (Wildman–Crippen LogP) is 12.5. The summed E-state index contributed by atoms with van der Waals surface area (Å²) in [7, 11) is 0. The van der Waals surface area contributed by atoms with E-state index in [1.54, 1.807) is 0 Å². The van der Waals surface area contributed by atoms with Gasteiger partial charge in [0.2, 0.25) is 0 Å². The van der Waals surface area contributed by atoms with Crippen LogP contribution in [0.3, 0.4) is 0 Å². The van der Waals surface area contributed by atoms with Crippen LogP contribution in [0.25, 0.3) is 43.0 Å². The van der Waals surface area contributed by atoms with Crippen LogP contribution in [0.4, 0.5) is 0 Å². The van der Waals surface area contributed by atoms with Gasteiger partial charge in [0, 0.05) is 49.1 Å². The molecule has 0 atom stereocenters. The molecule has 0 spiro atoms. The van der Waals surface area contributed by atoms with Gasteiger partial charge in [0.1, 0.15) is 0 Å². The minimum absolute atomic E-state index is 0. The molecule has 0 amide bonds. The number of fused-ring (bicyclic) bond motifs is 4. The molecule has 3 aromatic carbocycles. The van der Waals surface area contributed by atoms with Crippen LogP contribution in [0, 0.1) is 38.7 Å². The summed E-state index contributed by atoms with van der Waals surface area (Å²) in [5.74, 6) is 1.19. The number of aliphatic hydroxyl groups excluding tert-OH is 1. The van der Waals surface area contributed by atoms with E-state index in [1.807, 2.05) is 39.0 Å². The van der Waals surface area contributed by atoms with E-state index in [-0.39, 0.29) is 43.5 Å². The summed E-state index contributed by atoms with van der Waals surface area (Å²) in [6.45, 7) is 14.7. The van der Waals surface area contributed by atoms with Gasteiger partial charge in [0.25, 0.3) is 0 Å². The first-order chi connectivity index (χ1) is 22.2. The smallest absolute Gasteiger partial charge is 0.162 e. The zero-order valence-corrected chi connectivity index (χ0v) is 32.3. The Bertz CT molecular complexity index is 1870. The number of carbonyl (C=O) groups is 1. The molecule has 0 aliphatic heterocycles. The topological polar surface area (TPSA) is 50.2 Å². The molecule has 6 rings (SSSR count). The number of rotatable bonds is 9. The average molecular weight is 825 g/mol. The van der Waals surface area contributed by atoms with Crippen LogP contribution in [-0.2, 0) is 24.9 Å². The fourth-order valence-electron chi connectivity index (χ4n) is 7.35. The second-order valence-electron chi connectivity index (χ2n) is 13.2. The monoisotopic (exact) mass is 825 g/mol. The van der Waals surface area contributed by atoms with Crippen LogP contribution in [0.15, 0.2) is 60.4 Å². The minimum atomic E-state index is 0. The van der Waals surface area contributed by atoms with Crippen molar-refractivity contribution in [1.29, 1.82) is 0 Å². The summed E-state index contributed by atoms with van der Waals surface area (Å²) < 4.78 is 1.35. The van der Waals surface area contributed by atoms with E-state index in [0.717, 1.165) is 42.5 Å². The number of aryl methyl sites for hydroxylation is 3. The molecule has 0 bridgehead atoms. The molecule has 47 heavy (non-hydrogen) atoms. The van der Waals surface area contributed by atoms with E-state index in [0.29, 0.717) is 5.92 Å². The average Bonchev–Trinajstić information content (AvgIpc) is 3.71. The molecule has 5 heteroatoms. The maximum absolute atomic E-state index is 11.7. The third-order valence-electron chi connectivity index (χ3n) is 9.97.